The van der Waals surface area contributed by atoms with Crippen molar-refractivity contribution in [3.63, 3.8) is 0 Å². The first-order valence-electron chi connectivity index (χ1n) is 8.55. The van der Waals surface area contributed by atoms with Gasteiger partial charge in [-0.15, -0.1) is 0 Å². The number of nitrogens with zero attached hydrogens (tertiary/aromatic N) is 1. The number of esters is 1. The number of hydrogen-bond donors (Lipinski definition) is 2. The van der Waals surface area contributed by atoms with Crippen LogP contribution in [0.3, 0.4) is 0 Å². The van der Waals surface area contributed by atoms with Crippen molar-refractivity contribution >= 4 is 23.3 Å². The smallest absolute Gasteiger partial charge is 0.306 e. The van der Waals surface area contributed by atoms with Crippen molar-refractivity contribution in [2.75, 3.05) is 37.8 Å². The van der Waals surface area contributed by atoms with Gasteiger partial charge >= 0.3 is 5.97 Å². The normalized spacial score (nSPS) is 15.2. The van der Waals surface area contributed by atoms with Crippen molar-refractivity contribution in [3.05, 3.63) is 23.8 Å². The Kier molecular flexibility index (Phi) is 6.46. The Bertz CT molecular complexity index is 583. The van der Waals surface area contributed by atoms with Crippen molar-refractivity contribution in [1.82, 2.24) is 4.90 Å². The molecule has 1 unspecified atom stereocenters. The lowest BCUT2D eigenvalue weighted by Crippen LogP contribution is -2.29. The third-order valence-corrected chi connectivity index (χ3v) is 4.41. The van der Waals surface area contributed by atoms with E-state index < -0.39 is 0 Å². The minimum atomic E-state index is -0.284. The summed E-state index contributed by atoms with van der Waals surface area (Å²) in [5.41, 5.74) is 8.38. The molecule has 2 rings (SSSR count). The predicted molar refractivity (Wildman–Crippen MR) is 94.8 cm³/mol. The first-order chi connectivity index (χ1) is 11.5. The first-order valence-corrected chi connectivity index (χ1v) is 8.55. The van der Waals surface area contributed by atoms with Crippen LogP contribution in [0.25, 0.3) is 0 Å². The molecule has 3 N–H and O–H groups in total. The summed E-state index contributed by atoms with van der Waals surface area (Å²) in [5.74, 6) is -0.406. The highest BCUT2D eigenvalue weighted by atomic mass is 16.5. The van der Waals surface area contributed by atoms with Crippen molar-refractivity contribution in [1.29, 1.82) is 0 Å². The molecule has 0 spiro atoms. The average molecular weight is 333 g/mol. The Morgan fingerprint density at radius 3 is 2.58 bits per heavy atom. The van der Waals surface area contributed by atoms with Crippen LogP contribution < -0.4 is 11.1 Å². The van der Waals surface area contributed by atoms with E-state index in [0.717, 1.165) is 37.2 Å². The summed E-state index contributed by atoms with van der Waals surface area (Å²) in [6.45, 7) is 3.74. The molecule has 132 valence electrons. The third-order valence-electron chi connectivity index (χ3n) is 4.41. The van der Waals surface area contributed by atoms with Crippen LogP contribution in [0.5, 0.6) is 0 Å². The van der Waals surface area contributed by atoms with E-state index in [9.17, 15) is 9.59 Å². The summed E-state index contributed by atoms with van der Waals surface area (Å²) in [6, 6.07) is 5.64. The van der Waals surface area contributed by atoms with Crippen molar-refractivity contribution in [2.24, 2.45) is 0 Å². The van der Waals surface area contributed by atoms with Crippen molar-refractivity contribution in [2.45, 2.75) is 38.5 Å². The summed E-state index contributed by atoms with van der Waals surface area (Å²) < 4.78 is 5.07. The molecule has 1 aliphatic rings. The standard InChI is InChI=1S/C18H27N3O3/c1-3-24-18(23)12-14(11-17(22)21-8-4-5-9-21)13-6-7-16(20-2)15(19)10-13/h6-7,10,14,20H,3-5,8-9,11-12,19H2,1-2H3. The van der Waals surface area contributed by atoms with Gasteiger partial charge in [0.1, 0.15) is 0 Å². The fraction of sp³-hybridized carbons (Fsp3) is 0.556. The minimum Gasteiger partial charge on any atom is -0.466 e. The number of nitrogens with two attached hydrogens (primary N) is 1. The van der Waals surface area contributed by atoms with Gasteiger partial charge in [0.2, 0.25) is 5.91 Å². The van der Waals surface area contributed by atoms with Crippen LogP contribution in [0.2, 0.25) is 0 Å². The van der Waals surface area contributed by atoms with E-state index in [-0.39, 0.29) is 24.2 Å². The van der Waals surface area contributed by atoms with Gasteiger partial charge in [-0.05, 0) is 37.5 Å². The van der Waals surface area contributed by atoms with Crippen LogP contribution in [0, 0.1) is 0 Å². The van der Waals surface area contributed by atoms with Gasteiger partial charge in [0.15, 0.2) is 0 Å². The summed E-state index contributed by atoms with van der Waals surface area (Å²) in [7, 11) is 1.80. The zero-order valence-electron chi connectivity index (χ0n) is 14.5. The number of nitrogen functional groups attached to an aromatic ring is 1. The summed E-state index contributed by atoms with van der Waals surface area (Å²) >= 11 is 0. The molecular weight excluding hydrogens is 306 g/mol. The van der Waals surface area contributed by atoms with Gasteiger partial charge in [-0.25, -0.2) is 0 Å². The highest BCUT2D eigenvalue weighted by Crippen LogP contribution is 2.30. The van der Waals surface area contributed by atoms with Crippen molar-refractivity contribution in [3.8, 4) is 0 Å². The van der Waals surface area contributed by atoms with Crippen molar-refractivity contribution < 1.29 is 14.3 Å². The number of hydrogen-bond acceptors (Lipinski definition) is 5. The zero-order valence-corrected chi connectivity index (χ0v) is 14.5. The summed E-state index contributed by atoms with van der Waals surface area (Å²) in [6.07, 6.45) is 2.60. The Hall–Kier alpha value is -2.24. The van der Waals surface area contributed by atoms with E-state index in [4.69, 9.17) is 10.5 Å². The van der Waals surface area contributed by atoms with Gasteiger partial charge in [0.05, 0.1) is 24.4 Å². The lowest BCUT2D eigenvalue weighted by atomic mass is 9.91. The van der Waals surface area contributed by atoms with Crippen LogP contribution >= 0.6 is 0 Å². The molecular formula is C18H27N3O3. The quantitative estimate of drug-likeness (QED) is 0.591. The fourth-order valence-corrected chi connectivity index (χ4v) is 3.10. The van der Waals surface area contributed by atoms with E-state index in [0.29, 0.717) is 18.7 Å². The molecule has 1 heterocycles. The number of benzene rings is 1. The molecule has 1 aliphatic heterocycles. The van der Waals surface area contributed by atoms with Crippen LogP contribution in [0.4, 0.5) is 11.4 Å². The van der Waals surface area contributed by atoms with Gasteiger partial charge in [-0.3, -0.25) is 9.59 Å². The van der Waals surface area contributed by atoms with Gasteiger partial charge in [0, 0.05) is 32.5 Å². The second-order valence-electron chi connectivity index (χ2n) is 6.09. The molecule has 0 radical (unpaired) electrons. The van der Waals surface area contributed by atoms with Crippen LogP contribution in [-0.2, 0) is 14.3 Å². The lowest BCUT2D eigenvalue weighted by molar-refractivity contribution is -0.143. The number of rotatable bonds is 7. The molecule has 24 heavy (non-hydrogen) atoms. The number of nitrogens with one attached hydrogen (secondary N) is 1. The summed E-state index contributed by atoms with van der Waals surface area (Å²) in [4.78, 5) is 26.3. The Labute approximate surface area is 143 Å². The van der Waals surface area contributed by atoms with E-state index in [1.807, 2.05) is 23.1 Å². The van der Waals surface area contributed by atoms with E-state index >= 15 is 0 Å². The number of ether oxygens (including phenoxy) is 1. The Balaban J connectivity index is 2.16. The minimum absolute atomic E-state index is 0.0954. The van der Waals surface area contributed by atoms with Gasteiger partial charge < -0.3 is 20.7 Å². The maximum absolute atomic E-state index is 12.5. The number of amides is 1. The molecule has 1 atom stereocenters. The molecule has 1 fully saturated rings. The lowest BCUT2D eigenvalue weighted by Gasteiger charge is -2.21. The monoisotopic (exact) mass is 333 g/mol. The maximum atomic E-state index is 12.5. The fourth-order valence-electron chi connectivity index (χ4n) is 3.10. The highest BCUT2D eigenvalue weighted by molar-refractivity contribution is 5.79. The number of likely N-dealkylation sites (tertiary alicyclic amines) is 1. The first kappa shape index (κ1) is 18.1. The van der Waals surface area contributed by atoms with E-state index in [1.54, 1.807) is 14.0 Å². The van der Waals surface area contributed by atoms with E-state index in [1.165, 1.54) is 0 Å². The molecule has 1 aromatic carbocycles. The third kappa shape index (κ3) is 4.63. The molecule has 1 amide bonds. The number of anilines is 2. The van der Waals surface area contributed by atoms with Gasteiger partial charge in [-0.2, -0.15) is 0 Å². The number of carbonyl (C=O) groups excluding carboxylic acids is 2. The van der Waals surface area contributed by atoms with E-state index in [2.05, 4.69) is 5.32 Å². The second-order valence-corrected chi connectivity index (χ2v) is 6.09. The van der Waals surface area contributed by atoms with Crippen LogP contribution in [-0.4, -0.2) is 43.5 Å². The predicted octanol–water partition coefficient (Wildman–Crippen LogP) is 2.36. The summed E-state index contributed by atoms with van der Waals surface area (Å²) in [5, 5.41) is 3.02. The molecule has 1 aromatic rings. The maximum Gasteiger partial charge on any atom is 0.306 e. The molecule has 0 saturated carbocycles. The molecule has 0 bridgehead atoms. The Morgan fingerprint density at radius 2 is 2.00 bits per heavy atom. The van der Waals surface area contributed by atoms with Gasteiger partial charge in [-0.1, -0.05) is 6.07 Å². The topological polar surface area (TPSA) is 84.7 Å². The zero-order chi connectivity index (χ0) is 17.5. The largest absolute Gasteiger partial charge is 0.466 e. The van der Waals surface area contributed by atoms with Gasteiger partial charge in [0.25, 0.3) is 0 Å². The average Bonchev–Trinajstić information content (AvgIpc) is 3.09. The highest BCUT2D eigenvalue weighted by Gasteiger charge is 2.25. The molecule has 0 aromatic heterocycles. The molecule has 0 aliphatic carbocycles. The Morgan fingerprint density at radius 1 is 1.29 bits per heavy atom. The second kappa shape index (κ2) is 8.57. The number of carbonyl (C=O) groups is 2. The molecule has 6 heteroatoms. The SMILES string of the molecule is CCOC(=O)CC(CC(=O)N1CCCC1)c1ccc(NC)c(N)c1. The molecule has 1 saturated heterocycles. The molecule has 6 nitrogen and oxygen atoms in total. The van der Waals surface area contributed by atoms with Crippen LogP contribution in [0.15, 0.2) is 18.2 Å². The van der Waals surface area contributed by atoms with Crippen LogP contribution in [0.1, 0.15) is 44.1 Å².